The molecule has 2 rings (SSSR count). The normalized spacial score (nSPS) is 13.1. The number of H-pyrrole nitrogens is 1. The number of amides is 1. The van der Waals surface area contributed by atoms with Crippen LogP contribution in [0.5, 0.6) is 0 Å². The van der Waals surface area contributed by atoms with Gasteiger partial charge in [-0.1, -0.05) is 6.92 Å². The van der Waals surface area contributed by atoms with Crippen molar-refractivity contribution in [1.29, 1.82) is 0 Å². The first-order valence-electron chi connectivity index (χ1n) is 6.88. The van der Waals surface area contributed by atoms with Crippen LogP contribution in [0.15, 0.2) is 14.6 Å². The first kappa shape index (κ1) is 17.0. The third kappa shape index (κ3) is 4.07. The number of alkyl carbamates (subject to hydrolysis) is 1. The van der Waals surface area contributed by atoms with E-state index in [2.05, 4.69) is 31.2 Å². The average Bonchev–Trinajstić information content (AvgIpc) is 2.74. The number of rotatable bonds is 3. The second kappa shape index (κ2) is 6.37. The Bertz CT molecular complexity index is 748. The molecule has 2 N–H and O–H groups in total. The molecule has 0 saturated carbocycles. The van der Waals surface area contributed by atoms with Gasteiger partial charge in [-0.2, -0.15) is 0 Å². The van der Waals surface area contributed by atoms with Gasteiger partial charge >= 0.3 is 6.09 Å². The lowest BCUT2D eigenvalue weighted by Gasteiger charge is -2.22. The molecule has 0 radical (unpaired) electrons. The van der Waals surface area contributed by atoms with Crippen LogP contribution in [0.1, 0.15) is 46.0 Å². The van der Waals surface area contributed by atoms with Gasteiger partial charge in [0.25, 0.3) is 5.56 Å². The number of fused-ring (bicyclic) bond motifs is 1. The number of nitrogens with zero attached hydrogens (tertiary/aromatic N) is 1. The van der Waals surface area contributed by atoms with E-state index in [0.29, 0.717) is 22.5 Å². The van der Waals surface area contributed by atoms with Gasteiger partial charge in [-0.15, -0.1) is 11.3 Å². The molecule has 0 saturated heterocycles. The predicted molar refractivity (Wildman–Crippen MR) is 90.3 cm³/mol. The Morgan fingerprint density at radius 1 is 1.55 bits per heavy atom. The van der Waals surface area contributed by atoms with Gasteiger partial charge in [0, 0.05) is 0 Å². The maximum atomic E-state index is 12.1. The van der Waals surface area contributed by atoms with E-state index >= 15 is 0 Å². The fraction of sp³-hybridized carbons (Fsp3) is 0.500. The third-order valence-electron chi connectivity index (χ3n) is 2.80. The number of thiophene rings is 1. The highest BCUT2D eigenvalue weighted by atomic mass is 79.9. The Morgan fingerprint density at radius 2 is 2.23 bits per heavy atom. The van der Waals surface area contributed by atoms with Gasteiger partial charge in [-0.05, 0) is 49.2 Å². The number of hydrogen-bond acceptors (Lipinski definition) is 5. The van der Waals surface area contributed by atoms with Crippen molar-refractivity contribution in [1.82, 2.24) is 15.3 Å². The smallest absolute Gasteiger partial charge is 0.408 e. The molecule has 0 spiro atoms. The minimum Gasteiger partial charge on any atom is -0.444 e. The van der Waals surface area contributed by atoms with Crippen LogP contribution in [0.3, 0.4) is 0 Å². The Hall–Kier alpha value is -1.41. The molecule has 0 aromatic carbocycles. The largest absolute Gasteiger partial charge is 0.444 e. The molecule has 0 aliphatic heterocycles. The number of carbonyl (C=O) groups excluding carboxylic acids is 1. The van der Waals surface area contributed by atoms with Crippen molar-refractivity contribution in [2.75, 3.05) is 0 Å². The molecule has 2 aromatic heterocycles. The predicted octanol–water partition coefficient (Wildman–Crippen LogP) is 3.72. The summed E-state index contributed by atoms with van der Waals surface area (Å²) in [6.45, 7) is 7.28. The van der Waals surface area contributed by atoms with Crippen LogP contribution in [0.4, 0.5) is 4.79 Å². The highest BCUT2D eigenvalue weighted by Gasteiger charge is 2.21. The molecule has 1 atom stereocenters. The number of nitrogens with one attached hydrogen (secondary N) is 2. The summed E-state index contributed by atoms with van der Waals surface area (Å²) >= 11 is 4.67. The van der Waals surface area contributed by atoms with Crippen molar-refractivity contribution in [3.63, 3.8) is 0 Å². The van der Waals surface area contributed by atoms with Gasteiger partial charge in [0.15, 0.2) is 0 Å². The molecule has 2 heterocycles. The summed E-state index contributed by atoms with van der Waals surface area (Å²) in [6.07, 6.45) is 0.0486. The Kier molecular flexibility index (Phi) is 4.91. The summed E-state index contributed by atoms with van der Waals surface area (Å²) in [5, 5.41) is 2.74. The first-order valence-corrected chi connectivity index (χ1v) is 8.49. The van der Waals surface area contributed by atoms with Crippen molar-refractivity contribution in [2.24, 2.45) is 0 Å². The summed E-state index contributed by atoms with van der Waals surface area (Å²) in [7, 11) is 0. The Labute approximate surface area is 140 Å². The SMILES string of the molecule is CCC(NC(=O)OC(C)(C)C)c1nc2cc(Br)sc2c(=O)[nH]1. The first-order chi connectivity index (χ1) is 10.2. The van der Waals surface area contributed by atoms with Crippen LogP contribution in [-0.2, 0) is 4.74 Å². The van der Waals surface area contributed by atoms with E-state index in [1.807, 2.05) is 6.92 Å². The van der Waals surface area contributed by atoms with Crippen LogP contribution in [0, 0.1) is 0 Å². The summed E-state index contributed by atoms with van der Waals surface area (Å²) in [5.74, 6) is 0.427. The molecular formula is C14H18BrN3O3S. The minimum atomic E-state index is -0.578. The summed E-state index contributed by atoms with van der Waals surface area (Å²) in [6, 6.07) is 1.38. The number of halogens is 1. The maximum Gasteiger partial charge on any atom is 0.408 e. The number of aromatic amines is 1. The zero-order chi connectivity index (χ0) is 16.5. The lowest BCUT2D eigenvalue weighted by molar-refractivity contribution is 0.0500. The van der Waals surface area contributed by atoms with Crippen molar-refractivity contribution in [3.8, 4) is 0 Å². The van der Waals surface area contributed by atoms with E-state index in [9.17, 15) is 9.59 Å². The second-order valence-electron chi connectivity index (χ2n) is 5.82. The molecule has 1 amide bonds. The van der Waals surface area contributed by atoms with Gasteiger partial charge < -0.3 is 15.0 Å². The fourth-order valence-electron chi connectivity index (χ4n) is 1.91. The van der Waals surface area contributed by atoms with E-state index in [1.54, 1.807) is 26.8 Å². The average molecular weight is 388 g/mol. The van der Waals surface area contributed by atoms with E-state index in [1.165, 1.54) is 11.3 Å². The number of hydrogen-bond donors (Lipinski definition) is 2. The lowest BCUT2D eigenvalue weighted by Crippen LogP contribution is -2.36. The summed E-state index contributed by atoms with van der Waals surface area (Å²) < 4.78 is 6.63. The van der Waals surface area contributed by atoms with Crippen molar-refractivity contribution < 1.29 is 9.53 Å². The molecule has 1 unspecified atom stereocenters. The second-order valence-corrected chi connectivity index (χ2v) is 8.25. The number of aromatic nitrogens is 2. The topological polar surface area (TPSA) is 84.1 Å². The zero-order valence-corrected chi connectivity index (χ0v) is 15.2. The highest BCUT2D eigenvalue weighted by Crippen LogP contribution is 2.26. The molecule has 0 aliphatic rings. The number of carbonyl (C=O) groups is 1. The van der Waals surface area contributed by atoms with Crippen LogP contribution in [0.25, 0.3) is 10.2 Å². The maximum absolute atomic E-state index is 12.1. The molecule has 0 fully saturated rings. The fourth-order valence-corrected chi connectivity index (χ4v) is 3.33. The van der Waals surface area contributed by atoms with E-state index in [0.717, 1.165) is 3.79 Å². The molecule has 120 valence electrons. The van der Waals surface area contributed by atoms with Crippen LogP contribution in [-0.4, -0.2) is 21.7 Å². The van der Waals surface area contributed by atoms with Crippen molar-refractivity contribution in [2.45, 2.75) is 45.8 Å². The van der Waals surface area contributed by atoms with Crippen molar-refractivity contribution in [3.05, 3.63) is 26.0 Å². The van der Waals surface area contributed by atoms with Gasteiger partial charge in [0.05, 0.1) is 15.3 Å². The summed E-state index contributed by atoms with van der Waals surface area (Å²) in [4.78, 5) is 31.2. The minimum absolute atomic E-state index is 0.208. The van der Waals surface area contributed by atoms with Crippen LogP contribution in [0.2, 0.25) is 0 Å². The number of ether oxygens (including phenoxy) is 1. The van der Waals surface area contributed by atoms with Gasteiger partial charge in [-0.25, -0.2) is 9.78 Å². The molecule has 2 aromatic rings. The quantitative estimate of drug-likeness (QED) is 0.840. The molecule has 6 nitrogen and oxygen atoms in total. The van der Waals surface area contributed by atoms with E-state index < -0.39 is 17.7 Å². The zero-order valence-electron chi connectivity index (χ0n) is 12.8. The van der Waals surface area contributed by atoms with Gasteiger partial charge in [0.1, 0.15) is 16.1 Å². The van der Waals surface area contributed by atoms with Gasteiger partial charge in [-0.3, -0.25) is 4.79 Å². The van der Waals surface area contributed by atoms with E-state index in [-0.39, 0.29) is 5.56 Å². The lowest BCUT2D eigenvalue weighted by atomic mass is 10.2. The highest BCUT2D eigenvalue weighted by molar-refractivity contribution is 9.11. The van der Waals surface area contributed by atoms with E-state index in [4.69, 9.17) is 4.74 Å². The molecule has 0 aliphatic carbocycles. The monoisotopic (exact) mass is 387 g/mol. The molecular weight excluding hydrogens is 370 g/mol. The Morgan fingerprint density at radius 3 is 2.82 bits per heavy atom. The van der Waals surface area contributed by atoms with Crippen LogP contribution < -0.4 is 10.9 Å². The third-order valence-corrected chi connectivity index (χ3v) is 4.43. The molecule has 0 bridgehead atoms. The Balaban J connectivity index is 2.27. The molecule has 8 heteroatoms. The summed E-state index contributed by atoms with van der Waals surface area (Å²) in [5.41, 5.74) is -0.175. The molecule has 22 heavy (non-hydrogen) atoms. The van der Waals surface area contributed by atoms with Crippen molar-refractivity contribution >= 4 is 43.6 Å². The van der Waals surface area contributed by atoms with Gasteiger partial charge in [0.2, 0.25) is 0 Å². The van der Waals surface area contributed by atoms with Crippen LogP contribution >= 0.6 is 27.3 Å². The standard InChI is InChI=1S/C14H18BrN3O3S/c1-5-7(17-13(20)21-14(2,3)4)11-16-8-6-9(15)22-10(8)12(19)18-11/h6-7H,5H2,1-4H3,(H,17,20)(H,16,18,19).